The molecule has 0 aliphatic carbocycles. The predicted molar refractivity (Wildman–Crippen MR) is 131 cm³/mol. The molecule has 0 radical (unpaired) electrons. The molecule has 0 atom stereocenters. The molecule has 156 valence electrons. The number of para-hydroxylation sites is 1. The van der Waals surface area contributed by atoms with Gasteiger partial charge in [-0.25, -0.2) is 5.43 Å². The van der Waals surface area contributed by atoms with Crippen molar-refractivity contribution in [3.63, 3.8) is 0 Å². The number of fused-ring (bicyclic) bond motifs is 1. The van der Waals surface area contributed by atoms with Gasteiger partial charge >= 0.3 is 0 Å². The Balaban J connectivity index is 1.26. The normalized spacial score (nSPS) is 11.3. The summed E-state index contributed by atoms with van der Waals surface area (Å²) in [7, 11) is 0. The van der Waals surface area contributed by atoms with Crippen molar-refractivity contribution in [3.05, 3.63) is 88.7 Å². The van der Waals surface area contributed by atoms with Gasteiger partial charge in [-0.2, -0.15) is 5.10 Å². The molecule has 0 aliphatic rings. The predicted octanol–water partition coefficient (Wildman–Crippen LogP) is 6.13. The van der Waals surface area contributed by atoms with E-state index >= 15 is 0 Å². The van der Waals surface area contributed by atoms with Crippen LogP contribution in [0, 0.1) is 0 Å². The summed E-state index contributed by atoms with van der Waals surface area (Å²) in [6.07, 6.45) is 3.29. The number of halogens is 1. The molecule has 2 heterocycles. The van der Waals surface area contributed by atoms with Crippen LogP contribution in [-0.2, 0) is 10.5 Å². The minimum atomic E-state index is -0.152. The van der Waals surface area contributed by atoms with Crippen LogP contribution in [0.25, 0.3) is 10.9 Å². The zero-order valence-corrected chi connectivity index (χ0v) is 19.5. The average Bonchev–Trinajstić information content (AvgIpc) is 3.23. The number of benzene rings is 2. The average molecular weight is 512 g/mol. The molecule has 1 N–H and O–H groups in total. The molecule has 0 aliphatic heterocycles. The van der Waals surface area contributed by atoms with Gasteiger partial charge in [0.2, 0.25) is 5.91 Å². The Morgan fingerprint density at radius 3 is 2.81 bits per heavy atom. The highest BCUT2D eigenvalue weighted by atomic mass is 79.9. The maximum absolute atomic E-state index is 12.0. The second kappa shape index (κ2) is 10.7. The second-order valence-corrected chi connectivity index (χ2v) is 9.45. The first kappa shape index (κ1) is 21.7. The van der Waals surface area contributed by atoms with Crippen molar-refractivity contribution in [2.24, 2.45) is 5.10 Å². The van der Waals surface area contributed by atoms with E-state index in [1.54, 1.807) is 6.20 Å². The Hall–Kier alpha value is -2.55. The van der Waals surface area contributed by atoms with E-state index in [1.165, 1.54) is 35.3 Å². The van der Waals surface area contributed by atoms with Gasteiger partial charge < -0.3 is 4.42 Å². The number of hydrogen-bond acceptors (Lipinski definition) is 6. The molecule has 0 saturated heterocycles. The van der Waals surface area contributed by atoms with Crippen LogP contribution in [0.3, 0.4) is 0 Å². The minimum absolute atomic E-state index is 0.152. The quantitative estimate of drug-likeness (QED) is 0.227. The fraction of sp³-hybridized carbons (Fsp3) is 0.0870. The number of furan rings is 1. The third-order valence-electron chi connectivity index (χ3n) is 4.20. The summed E-state index contributed by atoms with van der Waals surface area (Å²) in [5, 5.41) is 5.81. The Labute approximate surface area is 196 Å². The van der Waals surface area contributed by atoms with E-state index in [0.29, 0.717) is 11.5 Å². The maximum Gasteiger partial charge on any atom is 0.250 e. The van der Waals surface area contributed by atoms with Gasteiger partial charge in [-0.05, 0) is 53.7 Å². The molecule has 2 aromatic heterocycles. The number of amides is 1. The molecule has 4 rings (SSSR count). The lowest BCUT2D eigenvalue weighted by atomic mass is 10.2. The third-order valence-corrected chi connectivity index (χ3v) is 6.71. The molecule has 0 spiro atoms. The van der Waals surface area contributed by atoms with Crippen molar-refractivity contribution in [3.8, 4) is 0 Å². The summed E-state index contributed by atoms with van der Waals surface area (Å²) in [6.45, 7) is 0. The van der Waals surface area contributed by atoms with Crippen LogP contribution in [0.15, 0.2) is 96.9 Å². The lowest BCUT2D eigenvalue weighted by Crippen LogP contribution is -2.19. The van der Waals surface area contributed by atoms with Gasteiger partial charge in [-0.1, -0.05) is 46.3 Å². The summed E-state index contributed by atoms with van der Waals surface area (Å²) in [5.41, 5.74) is 4.65. The van der Waals surface area contributed by atoms with E-state index in [2.05, 4.69) is 31.4 Å². The molecule has 8 heteroatoms. The first-order valence-electron chi connectivity index (χ1n) is 9.43. The van der Waals surface area contributed by atoms with Gasteiger partial charge in [-0.15, -0.1) is 11.8 Å². The molecular weight excluding hydrogens is 494 g/mol. The fourth-order valence-electron chi connectivity index (χ4n) is 2.77. The number of nitrogens with one attached hydrogen (secondary N) is 1. The van der Waals surface area contributed by atoms with E-state index in [4.69, 9.17) is 4.42 Å². The van der Waals surface area contributed by atoms with Crippen LogP contribution in [-0.4, -0.2) is 22.9 Å². The number of aromatic nitrogens is 1. The van der Waals surface area contributed by atoms with Crippen LogP contribution in [0.4, 0.5) is 0 Å². The van der Waals surface area contributed by atoms with Gasteiger partial charge in [0, 0.05) is 26.7 Å². The molecule has 0 unspecified atom stereocenters. The van der Waals surface area contributed by atoms with Gasteiger partial charge in [0.1, 0.15) is 5.76 Å². The van der Waals surface area contributed by atoms with E-state index in [1.807, 2.05) is 66.7 Å². The van der Waals surface area contributed by atoms with E-state index in [-0.39, 0.29) is 5.91 Å². The monoisotopic (exact) mass is 511 g/mol. The van der Waals surface area contributed by atoms with Crippen molar-refractivity contribution in [2.45, 2.75) is 15.7 Å². The van der Waals surface area contributed by atoms with Gasteiger partial charge in [-0.3, -0.25) is 9.78 Å². The molecule has 0 saturated carbocycles. The highest BCUT2D eigenvalue weighted by Gasteiger charge is 2.07. The van der Waals surface area contributed by atoms with Crippen molar-refractivity contribution in [1.82, 2.24) is 10.4 Å². The highest BCUT2D eigenvalue weighted by Crippen LogP contribution is 2.33. The van der Waals surface area contributed by atoms with Gasteiger partial charge in [0.15, 0.2) is 5.09 Å². The summed E-state index contributed by atoms with van der Waals surface area (Å²) in [6, 6.07) is 21.8. The summed E-state index contributed by atoms with van der Waals surface area (Å²) in [5.74, 6) is 1.52. The molecule has 1 amide bonds. The van der Waals surface area contributed by atoms with E-state index in [0.717, 1.165) is 31.1 Å². The maximum atomic E-state index is 12.0. The van der Waals surface area contributed by atoms with E-state index < -0.39 is 0 Å². The number of rotatable bonds is 8. The largest absolute Gasteiger partial charge is 0.448 e. The highest BCUT2D eigenvalue weighted by molar-refractivity contribution is 9.10. The van der Waals surface area contributed by atoms with Crippen molar-refractivity contribution >= 4 is 62.5 Å². The molecule has 2 aromatic carbocycles. The summed E-state index contributed by atoms with van der Waals surface area (Å²) < 4.78 is 6.84. The Bertz CT molecular complexity index is 1200. The lowest BCUT2D eigenvalue weighted by Gasteiger charge is -2.03. The first-order valence-corrected chi connectivity index (χ1v) is 12.2. The van der Waals surface area contributed by atoms with Crippen molar-refractivity contribution in [2.75, 3.05) is 5.75 Å². The van der Waals surface area contributed by atoms with Gasteiger partial charge in [0.25, 0.3) is 0 Å². The SMILES string of the molecule is O=C(CSCc1ccc(Br)cc1)N/N=C\c1ccc(Sc2cccc3cccnc23)o1. The number of hydrogen-bond donors (Lipinski definition) is 1. The second-order valence-electron chi connectivity index (χ2n) is 6.50. The van der Waals surface area contributed by atoms with Crippen LogP contribution < -0.4 is 5.43 Å². The Kier molecular flexibility index (Phi) is 7.45. The number of pyridine rings is 1. The lowest BCUT2D eigenvalue weighted by molar-refractivity contribution is -0.118. The smallest absolute Gasteiger partial charge is 0.250 e. The number of hydrazone groups is 1. The topological polar surface area (TPSA) is 67.5 Å². The van der Waals surface area contributed by atoms with Crippen LogP contribution in [0.1, 0.15) is 11.3 Å². The van der Waals surface area contributed by atoms with E-state index in [9.17, 15) is 4.79 Å². The molecule has 4 aromatic rings. The molecular formula is C23H18BrN3O2S2. The zero-order valence-electron chi connectivity index (χ0n) is 16.3. The van der Waals surface area contributed by atoms with Crippen molar-refractivity contribution in [1.29, 1.82) is 0 Å². The Morgan fingerprint density at radius 1 is 1.10 bits per heavy atom. The van der Waals surface area contributed by atoms with Crippen LogP contribution >= 0.6 is 39.5 Å². The summed E-state index contributed by atoms with van der Waals surface area (Å²) in [4.78, 5) is 17.4. The number of carbonyl (C=O) groups is 1. The Morgan fingerprint density at radius 2 is 1.94 bits per heavy atom. The first-order chi connectivity index (χ1) is 15.2. The molecule has 0 fully saturated rings. The number of nitrogens with zero attached hydrogens (tertiary/aromatic N) is 2. The standard InChI is InChI=1S/C23H18BrN3O2S2/c24-18-8-6-16(7-9-18)14-30-15-21(28)27-26-13-19-10-11-22(29-19)31-20-5-1-3-17-4-2-12-25-23(17)20/h1-13H,14-15H2,(H,27,28)/b26-13-. The zero-order chi connectivity index (χ0) is 21.5. The summed E-state index contributed by atoms with van der Waals surface area (Å²) >= 11 is 6.46. The van der Waals surface area contributed by atoms with Crippen molar-refractivity contribution < 1.29 is 9.21 Å². The van der Waals surface area contributed by atoms with Gasteiger partial charge in [0.05, 0.1) is 17.5 Å². The minimum Gasteiger partial charge on any atom is -0.448 e. The third kappa shape index (κ3) is 6.22. The molecule has 0 bridgehead atoms. The molecule has 5 nitrogen and oxygen atoms in total. The van der Waals surface area contributed by atoms with Crippen LogP contribution in [0.5, 0.6) is 0 Å². The fourth-order valence-corrected chi connectivity index (χ4v) is 4.72. The number of carbonyl (C=O) groups excluding carboxylic acids is 1. The molecule has 31 heavy (non-hydrogen) atoms. The van der Waals surface area contributed by atoms with Crippen LogP contribution in [0.2, 0.25) is 0 Å². The number of thioether (sulfide) groups is 1.